The Morgan fingerprint density at radius 3 is 2.24 bits per heavy atom. The van der Waals surface area contributed by atoms with Crippen molar-refractivity contribution >= 4 is 0 Å². The molecule has 0 aromatic heterocycles. The molecule has 0 spiro atoms. The van der Waals surface area contributed by atoms with Gasteiger partial charge in [0.05, 0.1) is 5.92 Å². The summed E-state index contributed by atoms with van der Waals surface area (Å²) in [5.74, 6) is 4.74. The Morgan fingerprint density at radius 2 is 1.71 bits per heavy atom. The molecule has 1 aromatic carbocycles. The Balaban J connectivity index is 1.82. The number of benzene rings is 1. The van der Waals surface area contributed by atoms with E-state index < -0.39 is 12.1 Å². The third kappa shape index (κ3) is 4.71. The number of halogens is 3. The van der Waals surface area contributed by atoms with Crippen molar-refractivity contribution in [2.75, 3.05) is 0 Å². The van der Waals surface area contributed by atoms with E-state index in [1.807, 2.05) is 18.2 Å². The molecule has 2 nitrogen and oxygen atoms in total. The van der Waals surface area contributed by atoms with Crippen LogP contribution in [-0.4, -0.2) is 12.2 Å². The summed E-state index contributed by atoms with van der Waals surface area (Å²) in [6, 6.07) is 10.2. The first-order valence-corrected chi connectivity index (χ1v) is 7.57. The average Bonchev–Trinajstić information content (AvgIpc) is 2.48. The zero-order chi connectivity index (χ0) is 15.3. The van der Waals surface area contributed by atoms with Crippen molar-refractivity contribution in [3.63, 3.8) is 0 Å². The van der Waals surface area contributed by atoms with Gasteiger partial charge in [-0.2, -0.15) is 13.2 Å². The summed E-state index contributed by atoms with van der Waals surface area (Å²) in [4.78, 5) is 0. The van der Waals surface area contributed by atoms with Crippen LogP contribution in [0.25, 0.3) is 0 Å². The van der Waals surface area contributed by atoms with Gasteiger partial charge < -0.3 is 0 Å². The third-order valence-electron chi connectivity index (χ3n) is 4.60. The highest BCUT2D eigenvalue weighted by atomic mass is 19.4. The van der Waals surface area contributed by atoms with E-state index in [9.17, 15) is 13.2 Å². The molecule has 1 aliphatic rings. The van der Waals surface area contributed by atoms with Gasteiger partial charge in [0.25, 0.3) is 0 Å². The standard InChI is InChI=1S/C16H23F3N2/c17-16(18,19)14-9-7-13(8-10-14)15(21-20)11-6-12-4-2-1-3-5-12/h1-5,13-15,21H,6-11,20H2. The average molecular weight is 300 g/mol. The lowest BCUT2D eigenvalue weighted by Crippen LogP contribution is -2.43. The highest BCUT2D eigenvalue weighted by Gasteiger charge is 2.42. The molecule has 1 fully saturated rings. The van der Waals surface area contributed by atoms with Crippen molar-refractivity contribution in [1.82, 2.24) is 5.43 Å². The summed E-state index contributed by atoms with van der Waals surface area (Å²) in [7, 11) is 0. The first-order valence-electron chi connectivity index (χ1n) is 7.57. The van der Waals surface area contributed by atoms with Gasteiger partial charge in [0.2, 0.25) is 0 Å². The summed E-state index contributed by atoms with van der Waals surface area (Å²) >= 11 is 0. The number of nitrogens with one attached hydrogen (secondary N) is 1. The lowest BCUT2D eigenvalue weighted by atomic mass is 9.77. The fourth-order valence-corrected chi connectivity index (χ4v) is 3.27. The number of alkyl halides is 3. The second-order valence-electron chi connectivity index (χ2n) is 5.95. The van der Waals surface area contributed by atoms with E-state index in [1.165, 1.54) is 5.56 Å². The minimum absolute atomic E-state index is 0.0967. The molecule has 1 atom stereocenters. The van der Waals surface area contributed by atoms with Crippen LogP contribution in [0.4, 0.5) is 13.2 Å². The van der Waals surface area contributed by atoms with E-state index in [1.54, 1.807) is 0 Å². The Kier molecular flexibility index (Phi) is 5.65. The van der Waals surface area contributed by atoms with Crippen LogP contribution in [0.2, 0.25) is 0 Å². The fraction of sp³-hybridized carbons (Fsp3) is 0.625. The SMILES string of the molecule is NNC(CCc1ccccc1)C1CCC(C(F)(F)F)CC1. The molecule has 118 valence electrons. The van der Waals surface area contributed by atoms with E-state index in [4.69, 9.17) is 5.84 Å². The second-order valence-corrected chi connectivity index (χ2v) is 5.95. The Hall–Kier alpha value is -1.07. The minimum Gasteiger partial charge on any atom is -0.271 e. The number of hydrazine groups is 1. The molecule has 0 heterocycles. The maximum absolute atomic E-state index is 12.7. The van der Waals surface area contributed by atoms with Gasteiger partial charge in [-0.05, 0) is 50.0 Å². The Labute approximate surface area is 123 Å². The van der Waals surface area contributed by atoms with Crippen molar-refractivity contribution in [2.24, 2.45) is 17.7 Å². The molecule has 1 unspecified atom stereocenters. The minimum atomic E-state index is -4.04. The predicted octanol–water partition coefficient (Wildman–Crippen LogP) is 3.82. The van der Waals surface area contributed by atoms with Crippen LogP contribution in [0.15, 0.2) is 30.3 Å². The molecular formula is C16H23F3N2. The van der Waals surface area contributed by atoms with Crippen LogP contribution in [-0.2, 0) is 6.42 Å². The zero-order valence-electron chi connectivity index (χ0n) is 12.1. The molecule has 1 aromatic rings. The second kappa shape index (κ2) is 7.27. The van der Waals surface area contributed by atoms with Crippen LogP contribution in [0.1, 0.15) is 37.7 Å². The first-order chi connectivity index (χ1) is 10.0. The normalized spacial score (nSPS) is 24.8. The van der Waals surface area contributed by atoms with E-state index in [0.29, 0.717) is 12.8 Å². The number of rotatable bonds is 5. The largest absolute Gasteiger partial charge is 0.391 e. The molecule has 0 aliphatic heterocycles. The van der Waals surface area contributed by atoms with E-state index in [0.717, 1.165) is 12.8 Å². The fourth-order valence-electron chi connectivity index (χ4n) is 3.27. The van der Waals surface area contributed by atoms with E-state index in [-0.39, 0.29) is 24.8 Å². The van der Waals surface area contributed by atoms with Crippen molar-refractivity contribution < 1.29 is 13.2 Å². The number of nitrogens with two attached hydrogens (primary N) is 1. The van der Waals surface area contributed by atoms with Gasteiger partial charge >= 0.3 is 6.18 Å². The Morgan fingerprint density at radius 1 is 1.10 bits per heavy atom. The van der Waals surface area contributed by atoms with Crippen molar-refractivity contribution in [3.05, 3.63) is 35.9 Å². The zero-order valence-corrected chi connectivity index (χ0v) is 12.1. The van der Waals surface area contributed by atoms with Crippen molar-refractivity contribution in [2.45, 2.75) is 50.7 Å². The molecule has 0 radical (unpaired) electrons. The molecule has 3 N–H and O–H groups in total. The lowest BCUT2D eigenvalue weighted by Gasteiger charge is -2.34. The van der Waals surface area contributed by atoms with E-state index in [2.05, 4.69) is 17.6 Å². The van der Waals surface area contributed by atoms with Gasteiger partial charge in [-0.1, -0.05) is 30.3 Å². The molecule has 0 amide bonds. The summed E-state index contributed by atoms with van der Waals surface area (Å²) in [6.07, 6.45) is -0.603. The molecule has 1 aliphatic carbocycles. The molecule has 0 bridgehead atoms. The van der Waals surface area contributed by atoms with Crippen LogP contribution in [0.5, 0.6) is 0 Å². The summed E-state index contributed by atoms with van der Waals surface area (Å²) in [5.41, 5.74) is 4.05. The first kappa shape index (κ1) is 16.3. The van der Waals surface area contributed by atoms with Gasteiger partial charge in [0, 0.05) is 6.04 Å². The monoisotopic (exact) mass is 300 g/mol. The van der Waals surface area contributed by atoms with Crippen LogP contribution in [0, 0.1) is 11.8 Å². The maximum Gasteiger partial charge on any atom is 0.391 e. The lowest BCUT2D eigenvalue weighted by molar-refractivity contribution is -0.184. The van der Waals surface area contributed by atoms with Crippen molar-refractivity contribution in [1.29, 1.82) is 0 Å². The summed E-state index contributed by atoms with van der Waals surface area (Å²) in [6.45, 7) is 0. The molecule has 2 rings (SSSR count). The summed E-state index contributed by atoms with van der Waals surface area (Å²) < 4.78 is 38.0. The highest BCUT2D eigenvalue weighted by Crippen LogP contribution is 2.40. The van der Waals surface area contributed by atoms with Crippen molar-refractivity contribution in [3.8, 4) is 0 Å². The third-order valence-corrected chi connectivity index (χ3v) is 4.60. The van der Waals surface area contributed by atoms with Crippen LogP contribution < -0.4 is 11.3 Å². The number of hydrogen-bond acceptors (Lipinski definition) is 2. The Bertz CT molecular complexity index is 411. The van der Waals surface area contributed by atoms with Gasteiger partial charge in [-0.15, -0.1) is 0 Å². The van der Waals surface area contributed by atoms with Gasteiger partial charge in [-0.25, -0.2) is 0 Å². The molecule has 5 heteroatoms. The van der Waals surface area contributed by atoms with Gasteiger partial charge in [-0.3, -0.25) is 11.3 Å². The van der Waals surface area contributed by atoms with Crippen LogP contribution >= 0.6 is 0 Å². The smallest absolute Gasteiger partial charge is 0.271 e. The maximum atomic E-state index is 12.7. The molecule has 21 heavy (non-hydrogen) atoms. The van der Waals surface area contributed by atoms with E-state index >= 15 is 0 Å². The number of aryl methyl sites for hydroxylation is 1. The topological polar surface area (TPSA) is 38.0 Å². The quantitative estimate of drug-likeness (QED) is 0.641. The van der Waals surface area contributed by atoms with Crippen LogP contribution in [0.3, 0.4) is 0 Å². The molecule has 0 saturated heterocycles. The highest BCUT2D eigenvalue weighted by molar-refractivity contribution is 5.14. The number of hydrogen-bond donors (Lipinski definition) is 2. The van der Waals surface area contributed by atoms with Gasteiger partial charge in [0.1, 0.15) is 0 Å². The summed E-state index contributed by atoms with van der Waals surface area (Å²) in [5, 5.41) is 0. The molecular weight excluding hydrogens is 277 g/mol. The molecule has 1 saturated carbocycles. The van der Waals surface area contributed by atoms with Gasteiger partial charge in [0.15, 0.2) is 0 Å². The predicted molar refractivity (Wildman–Crippen MR) is 77.4 cm³/mol.